The fourth-order valence-corrected chi connectivity index (χ4v) is 2.10. The minimum atomic E-state index is -0.394. The largest absolute Gasteiger partial charge is 0.495 e. The van der Waals surface area contributed by atoms with Crippen molar-refractivity contribution in [1.82, 2.24) is 0 Å². The molecule has 0 fully saturated rings. The summed E-state index contributed by atoms with van der Waals surface area (Å²) in [5, 5.41) is 6.44. The number of benzene rings is 2. The van der Waals surface area contributed by atoms with Gasteiger partial charge in [-0.2, -0.15) is 0 Å². The third kappa shape index (κ3) is 4.13. The summed E-state index contributed by atoms with van der Waals surface area (Å²) in [4.78, 5) is 12.1. The number of nitrogens with one attached hydrogen (secondary N) is 2. The lowest BCUT2D eigenvalue weighted by molar-refractivity contribution is -0.116. The van der Waals surface area contributed by atoms with E-state index in [9.17, 15) is 4.79 Å². The number of amides is 1. The van der Waals surface area contributed by atoms with Gasteiger partial charge in [0.1, 0.15) is 11.8 Å². The van der Waals surface area contributed by atoms with E-state index < -0.39 is 6.04 Å². The second-order valence-corrected chi connectivity index (χ2v) is 4.98. The molecular weight excluding hydrogens is 288 g/mol. The Morgan fingerprint density at radius 2 is 1.86 bits per heavy atom. The second kappa shape index (κ2) is 6.99. The number of carbonyl (C=O) groups excluding carboxylic acids is 1. The molecule has 1 atom stereocenters. The van der Waals surface area contributed by atoms with Gasteiger partial charge in [0.15, 0.2) is 0 Å². The number of hydrogen-bond acceptors (Lipinski definition) is 3. The molecule has 0 spiro atoms. The van der Waals surface area contributed by atoms with Crippen LogP contribution in [0.2, 0.25) is 5.02 Å². The second-order valence-electron chi connectivity index (χ2n) is 4.57. The topological polar surface area (TPSA) is 50.4 Å². The maximum Gasteiger partial charge on any atom is 0.246 e. The number of para-hydroxylation sites is 1. The molecule has 4 nitrogen and oxygen atoms in total. The Bertz CT molecular complexity index is 617. The predicted octanol–water partition coefficient (Wildman–Crippen LogP) is 3.79. The molecule has 0 aliphatic carbocycles. The molecule has 0 bridgehead atoms. The maximum atomic E-state index is 12.1. The first-order chi connectivity index (χ1) is 10.1. The van der Waals surface area contributed by atoms with Crippen molar-refractivity contribution >= 4 is 28.9 Å². The summed E-state index contributed by atoms with van der Waals surface area (Å²) in [6, 6.07) is 14.2. The van der Waals surface area contributed by atoms with Crippen LogP contribution in [0, 0.1) is 0 Å². The molecule has 1 unspecified atom stereocenters. The van der Waals surface area contributed by atoms with Gasteiger partial charge in [0.25, 0.3) is 0 Å². The van der Waals surface area contributed by atoms with E-state index in [1.54, 1.807) is 26.2 Å². The molecule has 0 radical (unpaired) electrons. The molecule has 0 aliphatic heterocycles. The van der Waals surface area contributed by atoms with Crippen molar-refractivity contribution in [1.29, 1.82) is 0 Å². The zero-order chi connectivity index (χ0) is 15.2. The van der Waals surface area contributed by atoms with Crippen molar-refractivity contribution in [2.24, 2.45) is 0 Å². The van der Waals surface area contributed by atoms with Crippen LogP contribution in [-0.4, -0.2) is 19.1 Å². The van der Waals surface area contributed by atoms with E-state index in [1.807, 2.05) is 36.4 Å². The van der Waals surface area contributed by atoms with Crippen LogP contribution in [0.25, 0.3) is 0 Å². The van der Waals surface area contributed by atoms with Crippen LogP contribution in [-0.2, 0) is 4.79 Å². The van der Waals surface area contributed by atoms with Gasteiger partial charge in [-0.15, -0.1) is 0 Å². The van der Waals surface area contributed by atoms with E-state index in [0.717, 1.165) is 11.4 Å². The summed E-state index contributed by atoms with van der Waals surface area (Å²) in [5.41, 5.74) is 1.53. The van der Waals surface area contributed by atoms with Gasteiger partial charge in [0.2, 0.25) is 5.91 Å². The summed E-state index contributed by atoms with van der Waals surface area (Å²) in [6.07, 6.45) is 0. The van der Waals surface area contributed by atoms with Gasteiger partial charge >= 0.3 is 0 Å². The highest BCUT2D eigenvalue weighted by molar-refractivity contribution is 6.32. The minimum absolute atomic E-state index is 0.117. The molecule has 2 aromatic rings. The highest BCUT2D eigenvalue weighted by Crippen LogP contribution is 2.27. The molecular formula is C16H17ClN2O2. The Labute approximate surface area is 129 Å². The van der Waals surface area contributed by atoms with Gasteiger partial charge in [-0.05, 0) is 37.3 Å². The van der Waals surface area contributed by atoms with Crippen LogP contribution >= 0.6 is 11.6 Å². The average Bonchev–Trinajstić information content (AvgIpc) is 2.48. The molecule has 21 heavy (non-hydrogen) atoms. The fourth-order valence-electron chi connectivity index (χ4n) is 1.84. The number of hydrogen-bond donors (Lipinski definition) is 2. The van der Waals surface area contributed by atoms with Crippen molar-refractivity contribution in [2.45, 2.75) is 13.0 Å². The highest BCUT2D eigenvalue weighted by atomic mass is 35.5. The number of halogens is 1. The van der Waals surface area contributed by atoms with E-state index in [2.05, 4.69) is 10.6 Å². The molecule has 0 saturated carbocycles. The van der Waals surface area contributed by atoms with Gasteiger partial charge in [-0.3, -0.25) is 4.79 Å². The Hall–Kier alpha value is -2.20. The monoisotopic (exact) mass is 304 g/mol. The minimum Gasteiger partial charge on any atom is -0.495 e. The third-order valence-corrected chi connectivity index (χ3v) is 3.26. The van der Waals surface area contributed by atoms with E-state index in [1.165, 1.54) is 0 Å². The first-order valence-corrected chi connectivity index (χ1v) is 6.94. The smallest absolute Gasteiger partial charge is 0.246 e. The maximum absolute atomic E-state index is 12.1. The Morgan fingerprint density at radius 1 is 1.14 bits per heavy atom. The first-order valence-electron chi connectivity index (χ1n) is 6.56. The molecule has 1 amide bonds. The predicted molar refractivity (Wildman–Crippen MR) is 86.2 cm³/mol. The zero-order valence-electron chi connectivity index (χ0n) is 11.9. The van der Waals surface area contributed by atoms with Gasteiger partial charge < -0.3 is 15.4 Å². The van der Waals surface area contributed by atoms with Gasteiger partial charge in [0, 0.05) is 11.4 Å². The van der Waals surface area contributed by atoms with Crippen molar-refractivity contribution in [2.75, 3.05) is 17.7 Å². The zero-order valence-corrected chi connectivity index (χ0v) is 12.6. The van der Waals surface area contributed by atoms with E-state index >= 15 is 0 Å². The highest BCUT2D eigenvalue weighted by Gasteiger charge is 2.13. The molecule has 2 N–H and O–H groups in total. The summed E-state index contributed by atoms with van der Waals surface area (Å²) in [7, 11) is 1.56. The molecule has 0 saturated heterocycles. The number of carbonyl (C=O) groups is 1. The number of anilines is 2. The van der Waals surface area contributed by atoms with E-state index in [4.69, 9.17) is 16.3 Å². The standard InChI is InChI=1S/C16H17ClN2O2/c1-11(16(20)19-12-6-4-3-5-7-12)18-13-8-9-15(21-2)14(17)10-13/h3-11,18H,1-2H3,(H,19,20). The quantitative estimate of drug-likeness (QED) is 0.883. The lowest BCUT2D eigenvalue weighted by Gasteiger charge is -2.16. The molecule has 0 aromatic heterocycles. The molecule has 0 heterocycles. The van der Waals surface area contributed by atoms with Crippen LogP contribution in [0.1, 0.15) is 6.92 Å². The van der Waals surface area contributed by atoms with Crippen LogP contribution in [0.5, 0.6) is 5.75 Å². The van der Waals surface area contributed by atoms with Crippen LogP contribution < -0.4 is 15.4 Å². The number of rotatable bonds is 5. The number of ether oxygens (including phenoxy) is 1. The van der Waals surface area contributed by atoms with E-state index in [-0.39, 0.29) is 5.91 Å². The molecule has 5 heteroatoms. The van der Waals surface area contributed by atoms with E-state index in [0.29, 0.717) is 10.8 Å². The molecule has 0 aliphatic rings. The van der Waals surface area contributed by atoms with Crippen molar-refractivity contribution in [3.63, 3.8) is 0 Å². The normalized spacial score (nSPS) is 11.6. The van der Waals surface area contributed by atoms with Gasteiger partial charge in [-0.25, -0.2) is 0 Å². The summed E-state index contributed by atoms with van der Waals surface area (Å²) in [5.74, 6) is 0.483. The first kappa shape index (κ1) is 15.2. The third-order valence-electron chi connectivity index (χ3n) is 2.97. The van der Waals surface area contributed by atoms with Crippen LogP contribution in [0.3, 0.4) is 0 Å². The average molecular weight is 305 g/mol. The fraction of sp³-hybridized carbons (Fsp3) is 0.188. The molecule has 110 valence electrons. The van der Waals surface area contributed by atoms with Crippen LogP contribution in [0.4, 0.5) is 11.4 Å². The van der Waals surface area contributed by atoms with Crippen LogP contribution in [0.15, 0.2) is 48.5 Å². The number of methoxy groups -OCH3 is 1. The Balaban J connectivity index is 1.99. The summed E-state index contributed by atoms with van der Waals surface area (Å²) >= 11 is 6.06. The molecule has 2 aromatic carbocycles. The summed E-state index contributed by atoms with van der Waals surface area (Å²) < 4.78 is 5.09. The molecule has 2 rings (SSSR count). The van der Waals surface area contributed by atoms with Gasteiger partial charge in [-0.1, -0.05) is 29.8 Å². The van der Waals surface area contributed by atoms with Crippen molar-refractivity contribution in [3.05, 3.63) is 53.6 Å². The lowest BCUT2D eigenvalue weighted by Crippen LogP contribution is -2.31. The van der Waals surface area contributed by atoms with Crippen molar-refractivity contribution < 1.29 is 9.53 Å². The summed E-state index contributed by atoms with van der Waals surface area (Å²) in [6.45, 7) is 1.79. The van der Waals surface area contributed by atoms with Crippen molar-refractivity contribution in [3.8, 4) is 5.75 Å². The van der Waals surface area contributed by atoms with Gasteiger partial charge in [0.05, 0.1) is 12.1 Å². The lowest BCUT2D eigenvalue weighted by atomic mass is 10.2. The Kier molecular flexibility index (Phi) is 5.06. The Morgan fingerprint density at radius 3 is 2.48 bits per heavy atom. The SMILES string of the molecule is COc1ccc(NC(C)C(=O)Nc2ccccc2)cc1Cl.